The lowest BCUT2D eigenvalue weighted by atomic mass is 10.3. The maximum Gasteiger partial charge on any atom is 0.272 e. The minimum Gasteiger partial charge on any atom is -0.378 e. The number of aryl methyl sites for hydroxylation is 1. The molecule has 0 aliphatic rings. The molecule has 0 atom stereocenters. The van der Waals surface area contributed by atoms with E-state index in [4.69, 9.17) is 0 Å². The molecule has 0 saturated carbocycles. The van der Waals surface area contributed by atoms with E-state index in [0.29, 0.717) is 17.9 Å². The van der Waals surface area contributed by atoms with Crippen molar-refractivity contribution in [3.63, 3.8) is 0 Å². The molecule has 0 bridgehead atoms. The average Bonchev–Trinajstić information content (AvgIpc) is 3.02. The van der Waals surface area contributed by atoms with Crippen molar-refractivity contribution in [1.82, 2.24) is 20.1 Å². The van der Waals surface area contributed by atoms with E-state index in [1.807, 2.05) is 38.1 Å². The van der Waals surface area contributed by atoms with Crippen molar-refractivity contribution in [3.8, 4) is 5.69 Å². The van der Waals surface area contributed by atoms with Crippen LogP contribution in [0.4, 0.5) is 10.1 Å². The molecule has 0 aliphatic heterocycles. The smallest absolute Gasteiger partial charge is 0.272 e. The Bertz CT molecular complexity index is 918. The van der Waals surface area contributed by atoms with Gasteiger partial charge in [-0.05, 0) is 49.4 Å². The number of anilines is 1. The van der Waals surface area contributed by atoms with Crippen LogP contribution in [0.5, 0.6) is 0 Å². The second-order valence-corrected chi connectivity index (χ2v) is 6.14. The van der Waals surface area contributed by atoms with Crippen LogP contribution in [0.15, 0.2) is 48.7 Å². The van der Waals surface area contributed by atoms with Crippen molar-refractivity contribution >= 4 is 11.6 Å². The van der Waals surface area contributed by atoms with Gasteiger partial charge in [-0.2, -0.15) is 5.10 Å². The number of rotatable bonds is 5. The van der Waals surface area contributed by atoms with Gasteiger partial charge < -0.3 is 10.2 Å². The summed E-state index contributed by atoms with van der Waals surface area (Å²) in [6.45, 7) is 2.15. The van der Waals surface area contributed by atoms with E-state index in [9.17, 15) is 9.18 Å². The highest BCUT2D eigenvalue weighted by molar-refractivity contribution is 5.92. The maximum absolute atomic E-state index is 13.1. The van der Waals surface area contributed by atoms with E-state index in [2.05, 4.69) is 15.4 Å². The van der Waals surface area contributed by atoms with Crippen molar-refractivity contribution in [2.75, 3.05) is 19.0 Å². The van der Waals surface area contributed by atoms with Crippen LogP contribution in [0.3, 0.4) is 0 Å². The minimum absolute atomic E-state index is 0.286. The Morgan fingerprint density at radius 2 is 1.92 bits per heavy atom. The van der Waals surface area contributed by atoms with Crippen LogP contribution < -0.4 is 10.2 Å². The fraction of sp³-hybridized carbons (Fsp3) is 0.211. The van der Waals surface area contributed by atoms with Gasteiger partial charge in [0.25, 0.3) is 5.91 Å². The minimum atomic E-state index is -0.316. The number of nitrogens with zero attached hydrogens (tertiary/aromatic N) is 4. The summed E-state index contributed by atoms with van der Waals surface area (Å²) in [6, 6.07) is 11.5. The average molecular weight is 353 g/mol. The van der Waals surface area contributed by atoms with Crippen LogP contribution in [0.2, 0.25) is 0 Å². The van der Waals surface area contributed by atoms with Crippen LogP contribution in [0, 0.1) is 12.7 Å². The molecule has 0 unspecified atom stereocenters. The zero-order chi connectivity index (χ0) is 18.7. The predicted molar refractivity (Wildman–Crippen MR) is 98.0 cm³/mol. The molecular weight excluding hydrogens is 333 g/mol. The number of hydrogen-bond acceptors (Lipinski definition) is 4. The van der Waals surface area contributed by atoms with Crippen molar-refractivity contribution < 1.29 is 9.18 Å². The SMILES string of the molecule is Cc1cc(C(=O)NCc2cc(N(C)C)ccn2)nn1-c1ccc(F)cc1. The number of pyridine rings is 1. The number of benzene rings is 1. The molecule has 2 aromatic heterocycles. The first-order chi connectivity index (χ1) is 12.4. The third-order valence-corrected chi connectivity index (χ3v) is 3.94. The quantitative estimate of drug-likeness (QED) is 0.766. The largest absolute Gasteiger partial charge is 0.378 e. The molecule has 0 spiro atoms. The topological polar surface area (TPSA) is 63.1 Å². The molecule has 2 heterocycles. The Morgan fingerprint density at radius 3 is 2.62 bits per heavy atom. The third kappa shape index (κ3) is 3.88. The van der Waals surface area contributed by atoms with Gasteiger partial charge in [-0.1, -0.05) is 0 Å². The molecule has 0 radical (unpaired) electrons. The lowest BCUT2D eigenvalue weighted by Crippen LogP contribution is -2.24. The molecule has 3 rings (SSSR count). The molecule has 1 aromatic carbocycles. The Labute approximate surface area is 151 Å². The highest BCUT2D eigenvalue weighted by atomic mass is 19.1. The Hall–Kier alpha value is -3.22. The molecule has 0 saturated heterocycles. The number of hydrogen-bond donors (Lipinski definition) is 1. The van der Waals surface area contributed by atoms with Gasteiger partial charge >= 0.3 is 0 Å². The Balaban J connectivity index is 1.72. The highest BCUT2D eigenvalue weighted by Crippen LogP contribution is 2.14. The summed E-state index contributed by atoms with van der Waals surface area (Å²) >= 11 is 0. The number of carbonyl (C=O) groups is 1. The van der Waals surface area contributed by atoms with E-state index in [0.717, 1.165) is 17.1 Å². The van der Waals surface area contributed by atoms with Gasteiger partial charge in [0.1, 0.15) is 5.82 Å². The van der Waals surface area contributed by atoms with Crippen molar-refractivity contribution in [2.45, 2.75) is 13.5 Å². The second kappa shape index (κ2) is 7.35. The number of nitrogens with one attached hydrogen (secondary N) is 1. The van der Waals surface area contributed by atoms with Gasteiger partial charge in [0, 0.05) is 31.7 Å². The molecule has 7 heteroatoms. The van der Waals surface area contributed by atoms with Gasteiger partial charge in [-0.3, -0.25) is 9.78 Å². The molecule has 1 amide bonds. The molecule has 26 heavy (non-hydrogen) atoms. The lowest BCUT2D eigenvalue weighted by molar-refractivity contribution is 0.0945. The van der Waals surface area contributed by atoms with E-state index in [1.165, 1.54) is 12.1 Å². The molecular formula is C19H20FN5O. The Kier molecular flexibility index (Phi) is 4.97. The predicted octanol–water partition coefficient (Wildman–Crippen LogP) is 2.71. The van der Waals surface area contributed by atoms with Gasteiger partial charge in [-0.25, -0.2) is 9.07 Å². The summed E-state index contributed by atoms with van der Waals surface area (Å²) in [5.41, 5.74) is 3.56. The normalized spacial score (nSPS) is 10.6. The van der Waals surface area contributed by atoms with Crippen LogP contribution in [0.25, 0.3) is 5.69 Å². The van der Waals surface area contributed by atoms with Crippen molar-refractivity contribution in [1.29, 1.82) is 0 Å². The van der Waals surface area contributed by atoms with E-state index in [-0.39, 0.29) is 11.7 Å². The van der Waals surface area contributed by atoms with Crippen molar-refractivity contribution in [3.05, 3.63) is 71.6 Å². The number of halogens is 1. The second-order valence-electron chi connectivity index (χ2n) is 6.14. The molecule has 0 fully saturated rings. The number of carbonyl (C=O) groups excluding carboxylic acids is 1. The highest BCUT2D eigenvalue weighted by Gasteiger charge is 2.13. The summed E-state index contributed by atoms with van der Waals surface area (Å²) in [5, 5.41) is 7.15. The summed E-state index contributed by atoms with van der Waals surface area (Å²) in [6.07, 6.45) is 1.71. The van der Waals surface area contributed by atoms with E-state index >= 15 is 0 Å². The first kappa shape index (κ1) is 17.6. The van der Waals surface area contributed by atoms with Crippen LogP contribution in [0.1, 0.15) is 21.9 Å². The Morgan fingerprint density at radius 1 is 1.19 bits per heavy atom. The van der Waals surface area contributed by atoms with Crippen molar-refractivity contribution in [2.24, 2.45) is 0 Å². The molecule has 1 N–H and O–H groups in total. The summed E-state index contributed by atoms with van der Waals surface area (Å²) in [4.78, 5) is 18.6. The van der Waals surface area contributed by atoms with Gasteiger partial charge in [0.05, 0.1) is 17.9 Å². The van der Waals surface area contributed by atoms with Crippen LogP contribution in [-0.2, 0) is 6.54 Å². The molecule has 6 nitrogen and oxygen atoms in total. The lowest BCUT2D eigenvalue weighted by Gasteiger charge is -2.13. The molecule has 0 aliphatic carbocycles. The first-order valence-electron chi connectivity index (χ1n) is 8.17. The summed E-state index contributed by atoms with van der Waals surface area (Å²) in [5.74, 6) is -0.602. The molecule has 134 valence electrons. The standard InChI is InChI=1S/C19H20FN5O/c1-13-10-18(23-25(13)16-6-4-14(20)5-7-16)19(26)22-12-15-11-17(24(2)3)8-9-21-15/h4-11H,12H2,1-3H3,(H,22,26). The summed E-state index contributed by atoms with van der Waals surface area (Å²) in [7, 11) is 3.89. The first-order valence-corrected chi connectivity index (χ1v) is 8.17. The van der Waals surface area contributed by atoms with Crippen LogP contribution in [-0.4, -0.2) is 34.8 Å². The number of aromatic nitrogens is 3. The zero-order valence-electron chi connectivity index (χ0n) is 14.9. The van der Waals surface area contributed by atoms with Crippen LogP contribution >= 0.6 is 0 Å². The van der Waals surface area contributed by atoms with E-state index in [1.54, 1.807) is 29.1 Å². The molecule has 3 aromatic rings. The fourth-order valence-corrected chi connectivity index (χ4v) is 2.53. The number of amides is 1. The zero-order valence-corrected chi connectivity index (χ0v) is 14.9. The summed E-state index contributed by atoms with van der Waals surface area (Å²) < 4.78 is 14.7. The van der Waals surface area contributed by atoms with E-state index < -0.39 is 0 Å². The fourth-order valence-electron chi connectivity index (χ4n) is 2.53. The maximum atomic E-state index is 13.1. The van der Waals surface area contributed by atoms with Gasteiger partial charge in [0.15, 0.2) is 5.69 Å². The van der Waals surface area contributed by atoms with Gasteiger partial charge in [0.2, 0.25) is 0 Å². The third-order valence-electron chi connectivity index (χ3n) is 3.94. The van der Waals surface area contributed by atoms with Gasteiger partial charge in [-0.15, -0.1) is 0 Å². The monoisotopic (exact) mass is 353 g/mol.